The normalized spacial score (nSPS) is 10.5. The average molecular weight is 464 g/mol. The number of aryl methyl sites for hydroxylation is 2. The molecular formula is C24H24N4O6. The van der Waals surface area contributed by atoms with Gasteiger partial charge in [-0.1, -0.05) is 0 Å². The van der Waals surface area contributed by atoms with Gasteiger partial charge in [0.05, 0.1) is 46.4 Å². The molecule has 0 aliphatic rings. The first kappa shape index (κ1) is 24.3. The van der Waals surface area contributed by atoms with Gasteiger partial charge in [0.1, 0.15) is 11.4 Å². The standard InChI is InChI=1S/2C12H12N2O3/c1-3-17-12(16)8-4-5-9-10(6-8)13-7(2)11(15)14-9;1-3-17-12(16)8-4-5-9-10(6-8)14-11(15)7(2)13-9/h2*4-6H,3H2,1-2H3,(H,14,15). The minimum atomic E-state index is -0.407. The van der Waals surface area contributed by atoms with Gasteiger partial charge in [0.15, 0.2) is 0 Å². The number of aromatic amines is 2. The van der Waals surface area contributed by atoms with Crippen LogP contribution in [0, 0.1) is 13.8 Å². The lowest BCUT2D eigenvalue weighted by atomic mass is 10.2. The van der Waals surface area contributed by atoms with Crippen molar-refractivity contribution in [2.24, 2.45) is 0 Å². The van der Waals surface area contributed by atoms with Gasteiger partial charge in [-0.15, -0.1) is 0 Å². The van der Waals surface area contributed by atoms with Crippen molar-refractivity contribution in [1.82, 2.24) is 19.9 Å². The molecule has 0 aliphatic heterocycles. The molecule has 4 rings (SSSR count). The Morgan fingerprint density at radius 1 is 0.735 bits per heavy atom. The third-order valence-electron chi connectivity index (χ3n) is 4.75. The van der Waals surface area contributed by atoms with Gasteiger partial charge >= 0.3 is 11.9 Å². The molecule has 0 amide bonds. The van der Waals surface area contributed by atoms with Crippen LogP contribution in [0.3, 0.4) is 0 Å². The number of benzene rings is 2. The maximum Gasteiger partial charge on any atom is 0.338 e. The zero-order valence-electron chi connectivity index (χ0n) is 19.2. The third kappa shape index (κ3) is 5.52. The SMILES string of the molecule is CCOC(=O)c1ccc2[nH]c(=O)c(C)nc2c1.CCOC(=O)c1ccc2nc(C)c(=O)[nH]c2c1. The zero-order chi connectivity index (χ0) is 24.8. The summed E-state index contributed by atoms with van der Waals surface area (Å²) >= 11 is 0. The third-order valence-corrected chi connectivity index (χ3v) is 4.75. The van der Waals surface area contributed by atoms with Gasteiger partial charge in [0, 0.05) is 0 Å². The maximum absolute atomic E-state index is 11.5. The van der Waals surface area contributed by atoms with E-state index in [0.717, 1.165) is 0 Å². The highest BCUT2D eigenvalue weighted by Gasteiger charge is 2.09. The number of hydrogen-bond acceptors (Lipinski definition) is 8. The summed E-state index contributed by atoms with van der Waals surface area (Å²) in [5.41, 5.74) is 3.50. The molecule has 2 aromatic carbocycles. The molecule has 0 bridgehead atoms. The lowest BCUT2D eigenvalue weighted by Gasteiger charge is -2.03. The molecule has 10 nitrogen and oxygen atoms in total. The summed E-state index contributed by atoms with van der Waals surface area (Å²) in [4.78, 5) is 59.4. The van der Waals surface area contributed by atoms with Gasteiger partial charge in [-0.05, 0) is 64.1 Å². The number of carbonyl (C=O) groups is 2. The topological polar surface area (TPSA) is 144 Å². The molecule has 0 radical (unpaired) electrons. The van der Waals surface area contributed by atoms with Crippen LogP contribution in [-0.2, 0) is 9.47 Å². The smallest absolute Gasteiger partial charge is 0.338 e. The first-order chi connectivity index (χ1) is 16.2. The molecule has 2 heterocycles. The van der Waals surface area contributed by atoms with Crippen LogP contribution in [0.4, 0.5) is 0 Å². The molecular weight excluding hydrogens is 440 g/mol. The van der Waals surface area contributed by atoms with E-state index in [2.05, 4.69) is 19.9 Å². The quantitative estimate of drug-likeness (QED) is 0.439. The van der Waals surface area contributed by atoms with Crippen LogP contribution in [0.2, 0.25) is 0 Å². The van der Waals surface area contributed by atoms with Gasteiger partial charge in [0.25, 0.3) is 11.1 Å². The first-order valence-corrected chi connectivity index (χ1v) is 10.6. The van der Waals surface area contributed by atoms with E-state index < -0.39 is 5.97 Å². The number of rotatable bonds is 4. The van der Waals surface area contributed by atoms with Gasteiger partial charge in [0.2, 0.25) is 0 Å². The highest BCUT2D eigenvalue weighted by Crippen LogP contribution is 2.12. The molecule has 34 heavy (non-hydrogen) atoms. The second kappa shape index (κ2) is 10.5. The fourth-order valence-corrected chi connectivity index (χ4v) is 3.03. The Kier molecular flexibility index (Phi) is 7.52. The minimum absolute atomic E-state index is 0.221. The second-order valence-corrected chi connectivity index (χ2v) is 7.21. The summed E-state index contributed by atoms with van der Waals surface area (Å²) in [5.74, 6) is -0.795. The molecule has 0 aliphatic carbocycles. The summed E-state index contributed by atoms with van der Waals surface area (Å²) in [7, 11) is 0. The van der Waals surface area contributed by atoms with E-state index in [1.807, 2.05) is 0 Å². The van der Waals surface area contributed by atoms with Crippen LogP contribution in [0.5, 0.6) is 0 Å². The van der Waals surface area contributed by atoms with E-state index >= 15 is 0 Å². The van der Waals surface area contributed by atoms with Crippen molar-refractivity contribution in [1.29, 1.82) is 0 Å². The number of carbonyl (C=O) groups excluding carboxylic acids is 2. The lowest BCUT2D eigenvalue weighted by molar-refractivity contribution is 0.0517. The molecule has 0 atom stereocenters. The summed E-state index contributed by atoms with van der Waals surface area (Å²) < 4.78 is 9.77. The van der Waals surface area contributed by atoms with Crippen molar-refractivity contribution in [3.63, 3.8) is 0 Å². The van der Waals surface area contributed by atoms with Gasteiger partial charge in [-0.25, -0.2) is 19.6 Å². The minimum Gasteiger partial charge on any atom is -0.462 e. The van der Waals surface area contributed by atoms with E-state index in [1.54, 1.807) is 64.1 Å². The molecule has 0 saturated carbocycles. The second-order valence-electron chi connectivity index (χ2n) is 7.21. The lowest BCUT2D eigenvalue weighted by Crippen LogP contribution is -2.12. The van der Waals surface area contributed by atoms with Crippen molar-refractivity contribution in [2.75, 3.05) is 13.2 Å². The molecule has 176 valence electrons. The Labute approximate surface area is 194 Å². The fourth-order valence-electron chi connectivity index (χ4n) is 3.03. The molecule has 2 aromatic heterocycles. The molecule has 0 unspecified atom stereocenters. The zero-order valence-corrected chi connectivity index (χ0v) is 19.2. The van der Waals surface area contributed by atoms with Crippen LogP contribution >= 0.6 is 0 Å². The van der Waals surface area contributed by atoms with Gasteiger partial charge in [-0.3, -0.25) is 9.59 Å². The average Bonchev–Trinajstić information content (AvgIpc) is 2.81. The number of esters is 2. The fraction of sp³-hybridized carbons (Fsp3) is 0.250. The van der Waals surface area contributed by atoms with E-state index in [1.165, 1.54) is 0 Å². The molecule has 2 N–H and O–H groups in total. The highest BCUT2D eigenvalue weighted by atomic mass is 16.5. The molecule has 10 heteroatoms. The Hall–Kier alpha value is -4.34. The summed E-state index contributed by atoms with van der Waals surface area (Å²) in [6, 6.07) is 9.75. The van der Waals surface area contributed by atoms with Crippen molar-refractivity contribution < 1.29 is 19.1 Å². The number of aromatic nitrogens is 4. The van der Waals surface area contributed by atoms with E-state index in [0.29, 0.717) is 57.8 Å². The van der Waals surface area contributed by atoms with E-state index in [4.69, 9.17) is 9.47 Å². The van der Waals surface area contributed by atoms with Crippen molar-refractivity contribution in [3.8, 4) is 0 Å². The Morgan fingerprint density at radius 2 is 1.24 bits per heavy atom. The number of hydrogen-bond donors (Lipinski definition) is 2. The number of nitrogens with zero attached hydrogens (tertiary/aromatic N) is 2. The predicted molar refractivity (Wildman–Crippen MR) is 126 cm³/mol. The van der Waals surface area contributed by atoms with E-state index in [-0.39, 0.29) is 17.1 Å². The number of H-pyrrole nitrogens is 2. The summed E-state index contributed by atoms with van der Waals surface area (Å²) in [6.07, 6.45) is 0. The molecule has 4 aromatic rings. The van der Waals surface area contributed by atoms with Crippen LogP contribution in [-0.4, -0.2) is 45.1 Å². The molecule has 0 spiro atoms. The van der Waals surface area contributed by atoms with Gasteiger partial charge < -0.3 is 19.4 Å². The van der Waals surface area contributed by atoms with Crippen LogP contribution in [0.15, 0.2) is 46.0 Å². The molecule has 0 fully saturated rings. The first-order valence-electron chi connectivity index (χ1n) is 10.6. The van der Waals surface area contributed by atoms with Crippen LogP contribution < -0.4 is 11.1 Å². The van der Waals surface area contributed by atoms with Crippen LogP contribution in [0.25, 0.3) is 22.1 Å². The largest absolute Gasteiger partial charge is 0.462 e. The predicted octanol–water partition coefficient (Wildman–Crippen LogP) is 2.82. The Morgan fingerprint density at radius 3 is 1.82 bits per heavy atom. The number of ether oxygens (including phenoxy) is 2. The summed E-state index contributed by atoms with van der Waals surface area (Å²) in [5, 5.41) is 0. The van der Waals surface area contributed by atoms with Gasteiger partial charge in [-0.2, -0.15) is 0 Å². The number of nitrogens with one attached hydrogen (secondary N) is 2. The molecule has 0 saturated heterocycles. The summed E-state index contributed by atoms with van der Waals surface area (Å²) in [6.45, 7) is 7.39. The highest BCUT2D eigenvalue weighted by molar-refractivity contribution is 5.94. The van der Waals surface area contributed by atoms with Crippen molar-refractivity contribution >= 4 is 34.0 Å². The van der Waals surface area contributed by atoms with E-state index in [9.17, 15) is 19.2 Å². The van der Waals surface area contributed by atoms with Crippen LogP contribution in [0.1, 0.15) is 46.0 Å². The maximum atomic E-state index is 11.5. The van der Waals surface area contributed by atoms with Crippen molar-refractivity contribution in [2.45, 2.75) is 27.7 Å². The Bertz CT molecular complexity index is 1490. The Balaban J connectivity index is 0.000000191. The monoisotopic (exact) mass is 464 g/mol. The van der Waals surface area contributed by atoms with Crippen molar-refractivity contribution in [3.05, 3.63) is 79.6 Å². The number of fused-ring (bicyclic) bond motifs is 2.